The number of amides is 1. The highest BCUT2D eigenvalue weighted by Crippen LogP contribution is 2.22. The number of aromatic amines is 1. The highest BCUT2D eigenvalue weighted by Gasteiger charge is 2.25. The fourth-order valence-corrected chi connectivity index (χ4v) is 2.78. The number of aromatic nitrogens is 1. The highest BCUT2D eigenvalue weighted by molar-refractivity contribution is 5.94. The number of carbonyl (C=O) groups excluding carboxylic acids is 1. The molecule has 1 aliphatic heterocycles. The van der Waals surface area contributed by atoms with Crippen LogP contribution in [0, 0.1) is 10.1 Å². The molecule has 0 bridgehead atoms. The Kier molecular flexibility index (Phi) is 4.78. The van der Waals surface area contributed by atoms with E-state index in [9.17, 15) is 19.7 Å². The molecule has 0 spiro atoms. The predicted octanol–water partition coefficient (Wildman–Crippen LogP) is 1.97. The van der Waals surface area contributed by atoms with Crippen LogP contribution in [0.1, 0.15) is 23.2 Å². The Morgan fingerprint density at radius 1 is 1.20 bits per heavy atom. The second-order valence-electron chi connectivity index (χ2n) is 5.80. The lowest BCUT2D eigenvalue weighted by atomic mass is 10.1. The summed E-state index contributed by atoms with van der Waals surface area (Å²) >= 11 is 0. The van der Waals surface area contributed by atoms with Gasteiger partial charge in [-0.25, -0.2) is 0 Å². The number of carbonyl (C=O) groups is 1. The van der Waals surface area contributed by atoms with Crippen LogP contribution in [0.4, 0.5) is 5.69 Å². The molecule has 3 rings (SSSR count). The lowest BCUT2D eigenvalue weighted by Crippen LogP contribution is -2.42. The Hall–Kier alpha value is -3.16. The quantitative estimate of drug-likeness (QED) is 0.675. The fraction of sp³-hybridized carbons (Fsp3) is 0.294. The maximum absolute atomic E-state index is 12.4. The summed E-state index contributed by atoms with van der Waals surface area (Å²) < 4.78 is 5.83. The molecule has 0 unspecified atom stereocenters. The van der Waals surface area contributed by atoms with Crippen LogP contribution in [0.25, 0.3) is 0 Å². The Balaban J connectivity index is 1.55. The predicted molar refractivity (Wildman–Crippen MR) is 89.7 cm³/mol. The Morgan fingerprint density at radius 3 is 2.48 bits per heavy atom. The number of nitro groups is 1. The van der Waals surface area contributed by atoms with Gasteiger partial charge in [0.05, 0.1) is 4.92 Å². The number of H-pyrrole nitrogens is 1. The van der Waals surface area contributed by atoms with Crippen LogP contribution >= 0.6 is 0 Å². The molecule has 0 radical (unpaired) electrons. The van der Waals surface area contributed by atoms with E-state index in [2.05, 4.69) is 4.98 Å². The third-order valence-corrected chi connectivity index (χ3v) is 4.10. The number of non-ortho nitro benzene ring substituents is 1. The summed E-state index contributed by atoms with van der Waals surface area (Å²) in [6.45, 7) is 1.06. The van der Waals surface area contributed by atoms with Crippen LogP contribution in [0.3, 0.4) is 0 Å². The van der Waals surface area contributed by atoms with Crippen LogP contribution < -0.4 is 10.3 Å². The third-order valence-electron chi connectivity index (χ3n) is 4.10. The number of rotatable bonds is 4. The van der Waals surface area contributed by atoms with Crippen LogP contribution in [0.2, 0.25) is 0 Å². The second-order valence-corrected chi connectivity index (χ2v) is 5.80. The molecule has 1 aromatic heterocycles. The molecule has 130 valence electrons. The van der Waals surface area contributed by atoms with Crippen LogP contribution in [-0.2, 0) is 0 Å². The number of benzene rings is 1. The van der Waals surface area contributed by atoms with Gasteiger partial charge in [-0.3, -0.25) is 19.7 Å². The molecule has 25 heavy (non-hydrogen) atoms. The van der Waals surface area contributed by atoms with Gasteiger partial charge in [0.2, 0.25) is 5.56 Å². The first-order chi connectivity index (χ1) is 12.0. The smallest absolute Gasteiger partial charge is 0.269 e. The van der Waals surface area contributed by atoms with Gasteiger partial charge in [-0.2, -0.15) is 0 Å². The molecule has 2 aromatic rings. The summed E-state index contributed by atoms with van der Waals surface area (Å²) in [7, 11) is 0. The first-order valence-electron chi connectivity index (χ1n) is 7.92. The molecule has 1 amide bonds. The maximum Gasteiger partial charge on any atom is 0.269 e. The average molecular weight is 343 g/mol. The normalized spacial score (nSPS) is 15.0. The molecule has 8 heteroatoms. The fourth-order valence-electron chi connectivity index (χ4n) is 2.78. The molecule has 0 saturated carbocycles. The molecule has 8 nitrogen and oxygen atoms in total. The van der Waals surface area contributed by atoms with Gasteiger partial charge in [0, 0.05) is 55.9 Å². The molecule has 0 aliphatic carbocycles. The van der Waals surface area contributed by atoms with Gasteiger partial charge in [-0.05, 0) is 18.2 Å². The number of pyridine rings is 1. The van der Waals surface area contributed by atoms with E-state index in [1.165, 1.54) is 24.4 Å². The number of nitro benzene ring substituents is 1. The Morgan fingerprint density at radius 2 is 1.88 bits per heavy atom. The number of nitrogens with zero attached hydrogens (tertiary/aromatic N) is 2. The molecular formula is C17H17N3O5. The van der Waals surface area contributed by atoms with Gasteiger partial charge in [0.25, 0.3) is 11.6 Å². The minimum atomic E-state index is -0.456. The van der Waals surface area contributed by atoms with E-state index in [0.29, 0.717) is 37.2 Å². The number of piperidine rings is 1. The molecule has 1 aromatic carbocycles. The summed E-state index contributed by atoms with van der Waals surface area (Å²) in [6.07, 6.45) is 2.72. The largest absolute Gasteiger partial charge is 0.490 e. The zero-order chi connectivity index (χ0) is 17.8. The molecule has 1 N–H and O–H groups in total. The number of nitrogens with one attached hydrogen (secondary N) is 1. The number of hydrogen-bond donors (Lipinski definition) is 1. The van der Waals surface area contributed by atoms with Crippen molar-refractivity contribution in [3.05, 3.63) is 68.6 Å². The minimum Gasteiger partial charge on any atom is -0.490 e. The second kappa shape index (κ2) is 7.16. The van der Waals surface area contributed by atoms with Crippen molar-refractivity contribution >= 4 is 11.6 Å². The zero-order valence-corrected chi connectivity index (χ0v) is 13.4. The van der Waals surface area contributed by atoms with Crippen molar-refractivity contribution in [2.75, 3.05) is 13.1 Å². The van der Waals surface area contributed by atoms with Gasteiger partial charge in [0.15, 0.2) is 0 Å². The lowest BCUT2D eigenvalue weighted by molar-refractivity contribution is -0.384. The van der Waals surface area contributed by atoms with E-state index in [-0.39, 0.29) is 23.3 Å². The topological polar surface area (TPSA) is 106 Å². The Bertz CT molecular complexity index is 823. The number of likely N-dealkylation sites (tertiary alicyclic amines) is 1. The third kappa shape index (κ3) is 4.03. The van der Waals surface area contributed by atoms with Gasteiger partial charge >= 0.3 is 0 Å². The van der Waals surface area contributed by atoms with Crippen LogP contribution in [0.5, 0.6) is 5.75 Å². The van der Waals surface area contributed by atoms with Crippen molar-refractivity contribution in [3.8, 4) is 5.75 Å². The first-order valence-corrected chi connectivity index (χ1v) is 7.92. The summed E-state index contributed by atoms with van der Waals surface area (Å²) in [4.78, 5) is 38.1. The maximum atomic E-state index is 12.4. The minimum absolute atomic E-state index is 0.0191. The monoisotopic (exact) mass is 343 g/mol. The van der Waals surface area contributed by atoms with Crippen molar-refractivity contribution in [3.63, 3.8) is 0 Å². The van der Waals surface area contributed by atoms with E-state index in [0.717, 1.165) is 0 Å². The zero-order valence-electron chi connectivity index (χ0n) is 13.4. The molecule has 1 fully saturated rings. The molecule has 2 heterocycles. The standard InChI is InChI=1S/C17H17N3O5/c21-16-11-12(5-8-18-16)17(22)19-9-6-15(7-10-19)25-14-3-1-13(2-4-14)20(23)24/h1-5,8,11,15H,6-7,9-10H2,(H,18,21). The highest BCUT2D eigenvalue weighted by atomic mass is 16.6. The number of ether oxygens (including phenoxy) is 1. The molecular weight excluding hydrogens is 326 g/mol. The average Bonchev–Trinajstić information content (AvgIpc) is 2.62. The van der Waals surface area contributed by atoms with E-state index in [1.54, 1.807) is 23.1 Å². The van der Waals surface area contributed by atoms with Gasteiger partial charge in [0.1, 0.15) is 11.9 Å². The summed E-state index contributed by atoms with van der Waals surface area (Å²) in [6, 6.07) is 8.84. The van der Waals surface area contributed by atoms with E-state index >= 15 is 0 Å². The molecule has 1 saturated heterocycles. The van der Waals surface area contributed by atoms with Crippen molar-refractivity contribution in [1.82, 2.24) is 9.88 Å². The van der Waals surface area contributed by atoms with Gasteiger partial charge in [-0.1, -0.05) is 0 Å². The lowest BCUT2D eigenvalue weighted by Gasteiger charge is -2.32. The van der Waals surface area contributed by atoms with Crippen LogP contribution in [0.15, 0.2) is 47.4 Å². The molecule has 0 atom stereocenters. The van der Waals surface area contributed by atoms with E-state index in [1.807, 2.05) is 0 Å². The van der Waals surface area contributed by atoms with Gasteiger partial charge in [-0.15, -0.1) is 0 Å². The summed E-state index contributed by atoms with van der Waals surface area (Å²) in [5, 5.41) is 10.6. The van der Waals surface area contributed by atoms with Gasteiger partial charge < -0.3 is 14.6 Å². The summed E-state index contributed by atoms with van der Waals surface area (Å²) in [5.74, 6) is 0.407. The van der Waals surface area contributed by atoms with Crippen molar-refractivity contribution in [1.29, 1.82) is 0 Å². The van der Waals surface area contributed by atoms with Crippen molar-refractivity contribution in [2.24, 2.45) is 0 Å². The first kappa shape index (κ1) is 16.7. The Labute approximate surface area is 143 Å². The van der Waals surface area contributed by atoms with Crippen LogP contribution in [-0.4, -0.2) is 39.9 Å². The summed E-state index contributed by atoms with van der Waals surface area (Å²) in [5.41, 5.74) is 0.0892. The SMILES string of the molecule is O=C(c1cc[nH]c(=O)c1)N1CCC(Oc2ccc([N+](=O)[O-])cc2)CC1. The van der Waals surface area contributed by atoms with Crippen molar-refractivity contribution in [2.45, 2.75) is 18.9 Å². The van der Waals surface area contributed by atoms with E-state index < -0.39 is 4.92 Å². The van der Waals surface area contributed by atoms with E-state index in [4.69, 9.17) is 4.74 Å². The molecule has 1 aliphatic rings. The van der Waals surface area contributed by atoms with Crippen molar-refractivity contribution < 1.29 is 14.5 Å². The number of hydrogen-bond acceptors (Lipinski definition) is 5.